The highest BCUT2D eigenvalue weighted by Crippen LogP contribution is 2.53. The van der Waals surface area contributed by atoms with Crippen LogP contribution in [0.1, 0.15) is 54.9 Å². The number of nitrogens with two attached hydrogens (primary N) is 1. The number of hydrogen-bond donors (Lipinski definition) is 5. The van der Waals surface area contributed by atoms with E-state index in [1.807, 2.05) is 12.1 Å². The number of ketones is 2. The maximum absolute atomic E-state index is 14.1. The van der Waals surface area contributed by atoms with Gasteiger partial charge in [-0.1, -0.05) is 44.2 Å². The third-order valence-electron chi connectivity index (χ3n) is 9.50. The van der Waals surface area contributed by atoms with E-state index in [2.05, 4.69) is 38.6 Å². The Hall–Kier alpha value is -4.21. The number of amides is 1. The van der Waals surface area contributed by atoms with Crippen LogP contribution in [0.5, 0.6) is 5.75 Å². The summed E-state index contributed by atoms with van der Waals surface area (Å²) < 4.78 is 0. The number of carbonyl (C=O) groups excluding carboxylic acids is 3. The molecule has 0 heterocycles. The first-order valence-corrected chi connectivity index (χ1v) is 14.5. The lowest BCUT2D eigenvalue weighted by Gasteiger charge is -2.50. The summed E-state index contributed by atoms with van der Waals surface area (Å²) in [6, 6.07) is 8.45. The number of phenols is 1. The molecule has 1 fully saturated rings. The molecule has 5 unspecified atom stereocenters. The van der Waals surface area contributed by atoms with E-state index < -0.39 is 58.0 Å². The number of fused-ring (bicyclic) bond motifs is 3. The summed E-state index contributed by atoms with van der Waals surface area (Å²) >= 11 is 0. The number of Topliss-reactive ketones (excluding diaryl/α,β-unsaturated/α-hetero) is 2. The van der Waals surface area contributed by atoms with E-state index in [-0.39, 0.29) is 35.6 Å². The molecule has 0 bridgehead atoms. The van der Waals surface area contributed by atoms with E-state index in [1.165, 1.54) is 11.0 Å². The molecule has 9 heteroatoms. The predicted molar refractivity (Wildman–Crippen MR) is 162 cm³/mol. The molecule has 1 saturated carbocycles. The van der Waals surface area contributed by atoms with E-state index in [0.717, 1.165) is 35.1 Å². The van der Waals surface area contributed by atoms with Gasteiger partial charge in [0.2, 0.25) is 5.78 Å². The molecule has 3 aliphatic rings. The van der Waals surface area contributed by atoms with Crippen molar-refractivity contribution in [1.29, 1.82) is 0 Å². The van der Waals surface area contributed by atoms with Gasteiger partial charge >= 0.3 is 0 Å². The van der Waals surface area contributed by atoms with E-state index in [1.54, 1.807) is 14.1 Å². The van der Waals surface area contributed by atoms with Crippen LogP contribution in [0.3, 0.4) is 0 Å². The topological polar surface area (TPSA) is 161 Å². The number of phenolic OH excluding ortho intramolecular Hbond substituents is 1. The largest absolute Gasteiger partial charge is 0.508 e. The lowest BCUT2D eigenvalue weighted by molar-refractivity contribution is -0.153. The van der Waals surface area contributed by atoms with Crippen molar-refractivity contribution >= 4 is 23.2 Å². The van der Waals surface area contributed by atoms with E-state index >= 15 is 0 Å². The molecule has 9 nitrogen and oxygen atoms in total. The number of aliphatic hydroxyl groups excluding tert-OH is 2. The molecule has 0 spiro atoms. The Kier molecular flexibility index (Phi) is 7.61. The number of nitrogens with zero attached hydrogens (tertiary/aromatic N) is 1. The number of aryl methyl sites for hydroxylation is 1. The molecule has 1 amide bonds. The number of aromatic hydroxyl groups is 1. The first-order chi connectivity index (χ1) is 20.3. The van der Waals surface area contributed by atoms with E-state index in [4.69, 9.17) is 5.73 Å². The summed E-state index contributed by atoms with van der Waals surface area (Å²) in [5.41, 5.74) is 6.42. The summed E-state index contributed by atoms with van der Waals surface area (Å²) in [7, 11) is 3.16. The van der Waals surface area contributed by atoms with Gasteiger partial charge in [0.15, 0.2) is 11.4 Å². The third-order valence-corrected chi connectivity index (χ3v) is 9.50. The van der Waals surface area contributed by atoms with Crippen molar-refractivity contribution < 1.29 is 34.8 Å². The molecule has 0 aliphatic heterocycles. The smallest absolute Gasteiger partial charge is 0.255 e. The van der Waals surface area contributed by atoms with Crippen molar-refractivity contribution in [3.05, 3.63) is 82.1 Å². The zero-order chi connectivity index (χ0) is 31.5. The van der Waals surface area contributed by atoms with Crippen molar-refractivity contribution in [2.24, 2.45) is 17.6 Å². The zero-order valence-corrected chi connectivity index (χ0v) is 24.8. The molecule has 43 heavy (non-hydrogen) atoms. The number of primary amides is 1. The number of benzene rings is 2. The number of likely N-dealkylation sites (N-methyl/N-ethyl adjacent to an activating group) is 1. The minimum Gasteiger partial charge on any atom is -0.508 e. The van der Waals surface area contributed by atoms with Crippen molar-refractivity contribution in [1.82, 2.24) is 4.90 Å². The van der Waals surface area contributed by atoms with Gasteiger partial charge in [-0.3, -0.25) is 19.3 Å². The molecule has 2 aromatic rings. The number of allylic oxidation sites excluding steroid dienone is 1. The lowest BCUT2D eigenvalue weighted by Crippen LogP contribution is -2.65. The van der Waals surface area contributed by atoms with Gasteiger partial charge < -0.3 is 26.2 Å². The molecule has 5 atom stereocenters. The van der Waals surface area contributed by atoms with Gasteiger partial charge in [0.25, 0.3) is 5.91 Å². The molecule has 3 aliphatic carbocycles. The first kappa shape index (κ1) is 30.3. The molecule has 0 radical (unpaired) electrons. The quantitative estimate of drug-likeness (QED) is 0.241. The van der Waals surface area contributed by atoms with Gasteiger partial charge in [-0.15, -0.1) is 6.58 Å². The highest BCUT2D eigenvalue weighted by atomic mass is 16.3. The fourth-order valence-electron chi connectivity index (χ4n) is 7.34. The van der Waals surface area contributed by atoms with Crippen LogP contribution in [-0.4, -0.2) is 68.5 Å². The fraction of sp³-hybridized carbons (Fsp3) is 0.382. The molecular weight excluding hydrogens is 548 g/mol. The SMILES string of the molecule is C=CCC(C)c1ccc(CC)c(-c2ccc(O)c3c2CC2CC4C(N(C)C)C(=O)C(C(N)=O)=C(O)C4(O)C(=O)C2=C3O)c1. The standard InChI is InChI=1S/C34H38N2O7/c1-6-8-16(3)18-10-9-17(7-2)21(13-18)20-11-12-24(37)26-22(20)14-19-15-23-28(36(4)5)30(39)27(33(35)42)32(41)34(23,43)31(40)25(19)29(26)38/h6,9-13,16,19,23,28,37-38,41,43H,1,7-8,14-15H2,2-5H3,(H2,35,42). The maximum atomic E-state index is 14.1. The normalized spacial score (nSPS) is 25.8. The molecule has 0 saturated heterocycles. The number of aliphatic hydroxyl groups is 3. The van der Waals surface area contributed by atoms with Gasteiger partial charge in [-0.2, -0.15) is 0 Å². The molecular formula is C34H38N2O7. The van der Waals surface area contributed by atoms with Crippen molar-refractivity contribution in [3.63, 3.8) is 0 Å². The minimum atomic E-state index is -2.66. The van der Waals surface area contributed by atoms with Gasteiger partial charge in [-0.05, 0) is 85.5 Å². The Balaban J connectivity index is 1.73. The number of carbonyl (C=O) groups is 3. The zero-order valence-electron chi connectivity index (χ0n) is 24.8. The second-order valence-electron chi connectivity index (χ2n) is 12.1. The number of hydrogen-bond acceptors (Lipinski definition) is 8. The molecule has 5 rings (SSSR count). The second-order valence-corrected chi connectivity index (χ2v) is 12.1. The summed E-state index contributed by atoms with van der Waals surface area (Å²) in [4.78, 5) is 41.1. The van der Waals surface area contributed by atoms with Crippen LogP contribution in [0.15, 0.2) is 59.9 Å². The van der Waals surface area contributed by atoms with Crippen LogP contribution in [0.4, 0.5) is 0 Å². The minimum absolute atomic E-state index is 0.0396. The Morgan fingerprint density at radius 3 is 2.47 bits per heavy atom. The van der Waals surface area contributed by atoms with Gasteiger partial charge in [-0.25, -0.2) is 0 Å². The highest BCUT2D eigenvalue weighted by molar-refractivity contribution is 6.24. The van der Waals surface area contributed by atoms with E-state index in [0.29, 0.717) is 5.56 Å². The Morgan fingerprint density at radius 2 is 1.86 bits per heavy atom. The molecule has 6 N–H and O–H groups in total. The fourth-order valence-corrected chi connectivity index (χ4v) is 7.34. The Labute approximate surface area is 250 Å². The van der Waals surface area contributed by atoms with Crippen molar-refractivity contribution in [3.8, 4) is 16.9 Å². The van der Waals surface area contributed by atoms with E-state index in [9.17, 15) is 34.8 Å². The average molecular weight is 587 g/mol. The van der Waals surface area contributed by atoms with Crippen LogP contribution in [0.2, 0.25) is 0 Å². The van der Waals surface area contributed by atoms with Crippen LogP contribution in [0, 0.1) is 11.8 Å². The van der Waals surface area contributed by atoms with Crippen molar-refractivity contribution in [2.75, 3.05) is 14.1 Å². The highest BCUT2D eigenvalue weighted by Gasteiger charge is 2.64. The molecule has 2 aromatic carbocycles. The summed E-state index contributed by atoms with van der Waals surface area (Å²) in [5, 5.41) is 45.5. The van der Waals surface area contributed by atoms with Crippen LogP contribution in [-0.2, 0) is 27.2 Å². The van der Waals surface area contributed by atoms with Gasteiger partial charge in [0.05, 0.1) is 11.6 Å². The molecule has 0 aromatic heterocycles. The third kappa shape index (κ3) is 4.41. The second kappa shape index (κ2) is 10.8. The predicted octanol–water partition coefficient (Wildman–Crippen LogP) is 3.87. The van der Waals surface area contributed by atoms with Crippen molar-refractivity contribution in [2.45, 2.75) is 57.1 Å². The van der Waals surface area contributed by atoms with Gasteiger partial charge in [0, 0.05) is 11.5 Å². The Bertz CT molecular complexity index is 1640. The maximum Gasteiger partial charge on any atom is 0.255 e. The van der Waals surface area contributed by atoms with Crippen LogP contribution in [0.25, 0.3) is 16.9 Å². The monoisotopic (exact) mass is 586 g/mol. The van der Waals surface area contributed by atoms with Crippen LogP contribution >= 0.6 is 0 Å². The molecule has 226 valence electrons. The number of rotatable bonds is 7. The van der Waals surface area contributed by atoms with Gasteiger partial charge in [0.1, 0.15) is 22.8 Å². The summed E-state index contributed by atoms with van der Waals surface area (Å²) in [6.07, 6.45) is 3.68. The summed E-state index contributed by atoms with van der Waals surface area (Å²) in [6.45, 7) is 8.03. The summed E-state index contributed by atoms with van der Waals surface area (Å²) in [5.74, 6) is -6.43. The first-order valence-electron chi connectivity index (χ1n) is 14.5. The average Bonchev–Trinajstić information content (AvgIpc) is 2.94. The lowest BCUT2D eigenvalue weighted by atomic mass is 9.57. The Morgan fingerprint density at radius 1 is 1.16 bits per heavy atom. The van der Waals surface area contributed by atoms with Crippen LogP contribution < -0.4 is 5.73 Å².